The van der Waals surface area contributed by atoms with E-state index in [1.807, 2.05) is 42.0 Å². The van der Waals surface area contributed by atoms with Gasteiger partial charge in [-0.2, -0.15) is 10.2 Å². The number of aromatic amines is 1. The van der Waals surface area contributed by atoms with Crippen molar-refractivity contribution in [2.24, 2.45) is 14.1 Å². The quantitative estimate of drug-likeness (QED) is 0.593. The minimum Gasteiger partial charge on any atom is -0.361 e. The number of aromatic nitrogens is 5. The highest BCUT2D eigenvalue weighted by atomic mass is 15.3. The Morgan fingerprint density at radius 1 is 1.07 bits per heavy atom. The van der Waals surface area contributed by atoms with Gasteiger partial charge in [-0.3, -0.25) is 14.3 Å². The molecule has 144 valence electrons. The van der Waals surface area contributed by atoms with Crippen molar-refractivity contribution >= 4 is 10.9 Å². The molecule has 0 unspecified atom stereocenters. The summed E-state index contributed by atoms with van der Waals surface area (Å²) >= 11 is 0. The number of fused-ring (bicyclic) bond motifs is 1. The summed E-state index contributed by atoms with van der Waals surface area (Å²) in [6.45, 7) is 3.18. The number of hydrogen-bond acceptors (Lipinski definition) is 3. The molecule has 1 aromatic carbocycles. The monoisotopic (exact) mass is 374 g/mol. The van der Waals surface area contributed by atoms with Crippen molar-refractivity contribution < 1.29 is 0 Å². The van der Waals surface area contributed by atoms with Crippen LogP contribution in [-0.4, -0.2) is 42.5 Å². The molecule has 0 saturated carbocycles. The highest BCUT2D eigenvalue weighted by Gasteiger charge is 2.23. The Morgan fingerprint density at radius 2 is 1.93 bits per heavy atom. The van der Waals surface area contributed by atoms with Gasteiger partial charge in [-0.05, 0) is 49.5 Å². The summed E-state index contributed by atoms with van der Waals surface area (Å²) in [6.07, 6.45) is 10.5. The van der Waals surface area contributed by atoms with Gasteiger partial charge in [-0.15, -0.1) is 0 Å². The summed E-state index contributed by atoms with van der Waals surface area (Å²) < 4.78 is 3.75. The molecule has 6 nitrogen and oxygen atoms in total. The second-order valence-corrected chi connectivity index (χ2v) is 7.92. The second kappa shape index (κ2) is 6.95. The zero-order valence-electron chi connectivity index (χ0n) is 16.5. The lowest BCUT2D eigenvalue weighted by Crippen LogP contribution is -2.32. The van der Waals surface area contributed by atoms with E-state index in [0.717, 1.165) is 30.9 Å². The second-order valence-electron chi connectivity index (χ2n) is 7.92. The average Bonchev–Trinajstić information content (AvgIpc) is 3.42. The first-order valence-corrected chi connectivity index (χ1v) is 9.97. The zero-order valence-corrected chi connectivity index (χ0v) is 16.5. The predicted octanol–water partition coefficient (Wildman–Crippen LogP) is 3.68. The zero-order chi connectivity index (χ0) is 19.1. The van der Waals surface area contributed by atoms with Gasteiger partial charge in [0.1, 0.15) is 0 Å². The van der Waals surface area contributed by atoms with Crippen molar-refractivity contribution in [1.82, 2.24) is 29.4 Å². The SMILES string of the molecule is Cn1cc(-c2nn(C)cc2CN2CCC(c3cccc4[nH]ccc34)CC2)cn1. The summed E-state index contributed by atoms with van der Waals surface area (Å²) in [6, 6.07) is 8.86. The first-order valence-electron chi connectivity index (χ1n) is 9.97. The standard InChI is InChI=1S/C22H26N6/c1-26-13-17(12-24-26)22-18(14-27(2)25-22)15-28-10-7-16(8-11-28)19-4-3-5-21-20(19)6-9-23-21/h3-6,9,12-14,16,23H,7-8,10-11,15H2,1-2H3. The Bertz CT molecular complexity index is 1090. The van der Waals surface area contributed by atoms with Crippen molar-refractivity contribution in [2.45, 2.75) is 25.3 Å². The molecule has 1 aliphatic heterocycles. The number of nitrogens with one attached hydrogen (secondary N) is 1. The molecule has 28 heavy (non-hydrogen) atoms. The molecule has 5 rings (SSSR count). The van der Waals surface area contributed by atoms with Crippen LogP contribution in [0.5, 0.6) is 0 Å². The van der Waals surface area contributed by atoms with Crippen LogP contribution in [0.3, 0.4) is 0 Å². The molecule has 1 fully saturated rings. The molecule has 0 radical (unpaired) electrons. The van der Waals surface area contributed by atoms with Gasteiger partial charge in [0.25, 0.3) is 0 Å². The van der Waals surface area contributed by atoms with E-state index in [9.17, 15) is 0 Å². The Labute approximate surface area is 164 Å². The highest BCUT2D eigenvalue weighted by Crippen LogP contribution is 2.33. The summed E-state index contributed by atoms with van der Waals surface area (Å²) in [4.78, 5) is 5.90. The third-order valence-electron chi connectivity index (χ3n) is 5.93. The lowest BCUT2D eigenvalue weighted by Gasteiger charge is -2.32. The van der Waals surface area contributed by atoms with Crippen LogP contribution in [0.15, 0.2) is 49.1 Å². The van der Waals surface area contributed by atoms with E-state index < -0.39 is 0 Å². The Hall–Kier alpha value is -2.86. The van der Waals surface area contributed by atoms with Crippen LogP contribution in [0, 0.1) is 0 Å². The molecule has 1 aliphatic rings. The highest BCUT2D eigenvalue weighted by molar-refractivity contribution is 5.83. The Balaban J connectivity index is 1.30. The van der Waals surface area contributed by atoms with Gasteiger partial charge in [0, 0.05) is 61.3 Å². The fourth-order valence-electron chi connectivity index (χ4n) is 4.55. The van der Waals surface area contributed by atoms with E-state index in [1.54, 1.807) is 0 Å². The van der Waals surface area contributed by atoms with Crippen LogP contribution >= 0.6 is 0 Å². The molecule has 1 N–H and O–H groups in total. The molecule has 4 aromatic rings. The molecular weight excluding hydrogens is 348 g/mol. The average molecular weight is 374 g/mol. The number of aryl methyl sites for hydroxylation is 2. The van der Waals surface area contributed by atoms with Gasteiger partial charge in [-0.25, -0.2) is 0 Å². The van der Waals surface area contributed by atoms with Gasteiger partial charge in [0.2, 0.25) is 0 Å². The van der Waals surface area contributed by atoms with E-state index in [4.69, 9.17) is 0 Å². The fraction of sp³-hybridized carbons (Fsp3) is 0.364. The summed E-state index contributed by atoms with van der Waals surface area (Å²) in [5, 5.41) is 10.4. The molecule has 0 spiro atoms. The molecule has 0 aliphatic carbocycles. The lowest BCUT2D eigenvalue weighted by molar-refractivity contribution is 0.205. The molecule has 1 saturated heterocycles. The molecule has 6 heteroatoms. The van der Waals surface area contributed by atoms with Gasteiger partial charge < -0.3 is 4.98 Å². The maximum absolute atomic E-state index is 4.68. The fourth-order valence-corrected chi connectivity index (χ4v) is 4.55. The number of benzene rings is 1. The number of hydrogen-bond donors (Lipinski definition) is 1. The maximum atomic E-state index is 4.68. The van der Waals surface area contributed by atoms with E-state index in [0.29, 0.717) is 5.92 Å². The number of likely N-dealkylation sites (tertiary alicyclic amines) is 1. The first kappa shape index (κ1) is 17.3. The summed E-state index contributed by atoms with van der Waals surface area (Å²) in [7, 11) is 3.94. The van der Waals surface area contributed by atoms with Crippen molar-refractivity contribution in [3.63, 3.8) is 0 Å². The largest absolute Gasteiger partial charge is 0.361 e. The predicted molar refractivity (Wildman–Crippen MR) is 111 cm³/mol. The summed E-state index contributed by atoms with van der Waals surface area (Å²) in [5.41, 5.74) is 6.16. The molecule has 3 aromatic heterocycles. The van der Waals surface area contributed by atoms with Crippen molar-refractivity contribution in [3.8, 4) is 11.3 Å². The third kappa shape index (κ3) is 3.14. The van der Waals surface area contributed by atoms with Crippen molar-refractivity contribution in [3.05, 3.63) is 60.2 Å². The minimum absolute atomic E-state index is 0.641. The van der Waals surface area contributed by atoms with Crippen LogP contribution in [-0.2, 0) is 20.6 Å². The number of rotatable bonds is 4. The van der Waals surface area contributed by atoms with Crippen LogP contribution < -0.4 is 0 Å². The van der Waals surface area contributed by atoms with Crippen LogP contribution in [0.1, 0.15) is 29.9 Å². The summed E-state index contributed by atoms with van der Waals surface area (Å²) in [5.74, 6) is 0.641. The van der Waals surface area contributed by atoms with Gasteiger partial charge in [0.15, 0.2) is 0 Å². The minimum atomic E-state index is 0.641. The smallest absolute Gasteiger partial charge is 0.0999 e. The van der Waals surface area contributed by atoms with E-state index in [2.05, 4.69) is 50.5 Å². The topological polar surface area (TPSA) is 54.7 Å². The van der Waals surface area contributed by atoms with E-state index in [1.165, 1.54) is 34.9 Å². The molecule has 4 heterocycles. The Kier molecular flexibility index (Phi) is 4.28. The van der Waals surface area contributed by atoms with Crippen LogP contribution in [0.4, 0.5) is 0 Å². The van der Waals surface area contributed by atoms with Crippen LogP contribution in [0.2, 0.25) is 0 Å². The lowest BCUT2D eigenvalue weighted by atomic mass is 9.87. The first-order chi connectivity index (χ1) is 13.7. The van der Waals surface area contributed by atoms with E-state index >= 15 is 0 Å². The normalized spacial score (nSPS) is 16.2. The van der Waals surface area contributed by atoms with Gasteiger partial charge >= 0.3 is 0 Å². The third-order valence-corrected chi connectivity index (χ3v) is 5.93. The number of piperidine rings is 1. The molecule has 0 bridgehead atoms. The molecular formula is C22H26N6. The Morgan fingerprint density at radius 3 is 2.71 bits per heavy atom. The number of nitrogens with zero attached hydrogens (tertiary/aromatic N) is 5. The van der Waals surface area contributed by atoms with Gasteiger partial charge in [0.05, 0.1) is 11.9 Å². The molecule has 0 amide bonds. The maximum Gasteiger partial charge on any atom is 0.0999 e. The van der Waals surface area contributed by atoms with Gasteiger partial charge in [-0.1, -0.05) is 12.1 Å². The van der Waals surface area contributed by atoms with Crippen molar-refractivity contribution in [2.75, 3.05) is 13.1 Å². The van der Waals surface area contributed by atoms with E-state index in [-0.39, 0.29) is 0 Å². The van der Waals surface area contributed by atoms with Crippen LogP contribution in [0.25, 0.3) is 22.2 Å². The van der Waals surface area contributed by atoms with Crippen molar-refractivity contribution in [1.29, 1.82) is 0 Å². The molecule has 0 atom stereocenters. The number of H-pyrrole nitrogens is 1.